The number of H-pyrrole nitrogens is 1. The molecular formula is C17H23N7O2S. The van der Waals surface area contributed by atoms with Crippen LogP contribution in [0.25, 0.3) is 16.8 Å². The van der Waals surface area contributed by atoms with Crippen molar-refractivity contribution in [3.8, 4) is 0 Å². The fraction of sp³-hybridized carbons (Fsp3) is 0.588. The molecule has 4 heterocycles. The Morgan fingerprint density at radius 2 is 2.15 bits per heavy atom. The van der Waals surface area contributed by atoms with Crippen LogP contribution >= 0.6 is 0 Å². The number of nitrogens with zero attached hydrogens (tertiary/aromatic N) is 5. The molecule has 2 N–H and O–H groups in total. The van der Waals surface area contributed by atoms with Crippen LogP contribution in [0.15, 0.2) is 18.5 Å². The van der Waals surface area contributed by atoms with Crippen LogP contribution < -0.4 is 4.72 Å². The smallest absolute Gasteiger partial charge is 0.279 e. The van der Waals surface area contributed by atoms with Gasteiger partial charge in [0.15, 0.2) is 11.3 Å². The predicted molar refractivity (Wildman–Crippen MR) is 100 cm³/mol. The first-order valence-corrected chi connectivity index (χ1v) is 10.9. The molecule has 0 spiro atoms. The van der Waals surface area contributed by atoms with Crippen molar-refractivity contribution in [2.45, 2.75) is 32.1 Å². The molecule has 1 saturated heterocycles. The summed E-state index contributed by atoms with van der Waals surface area (Å²) in [5.74, 6) is 1.53. The van der Waals surface area contributed by atoms with Gasteiger partial charge in [-0.2, -0.15) is 12.7 Å². The maximum Gasteiger partial charge on any atom is 0.279 e. The summed E-state index contributed by atoms with van der Waals surface area (Å²) in [4.78, 5) is 7.46. The summed E-state index contributed by atoms with van der Waals surface area (Å²) < 4.78 is 31.8. The van der Waals surface area contributed by atoms with E-state index in [9.17, 15) is 8.42 Å². The highest BCUT2D eigenvalue weighted by Gasteiger charge is 2.41. The second kappa shape index (κ2) is 6.25. The average molecular weight is 389 g/mol. The number of fused-ring (bicyclic) bond motifs is 3. The van der Waals surface area contributed by atoms with Crippen LogP contribution in [-0.2, 0) is 10.2 Å². The van der Waals surface area contributed by atoms with Gasteiger partial charge in [-0.25, -0.2) is 9.71 Å². The maximum atomic E-state index is 12.7. The van der Waals surface area contributed by atoms with Crippen molar-refractivity contribution in [3.63, 3.8) is 0 Å². The Kier molecular flexibility index (Phi) is 3.95. The van der Waals surface area contributed by atoms with E-state index in [1.165, 1.54) is 0 Å². The summed E-state index contributed by atoms with van der Waals surface area (Å²) in [7, 11) is -3.46. The third-order valence-electron chi connectivity index (χ3n) is 5.82. The molecule has 0 radical (unpaired) electrons. The average Bonchev–Trinajstić information content (AvgIpc) is 3.06. The Morgan fingerprint density at radius 3 is 2.93 bits per heavy atom. The summed E-state index contributed by atoms with van der Waals surface area (Å²) >= 11 is 0. The van der Waals surface area contributed by atoms with E-state index in [0.29, 0.717) is 31.2 Å². The molecule has 2 fully saturated rings. The van der Waals surface area contributed by atoms with Gasteiger partial charge in [-0.3, -0.25) is 4.40 Å². The lowest BCUT2D eigenvalue weighted by Gasteiger charge is -2.16. The van der Waals surface area contributed by atoms with Gasteiger partial charge >= 0.3 is 0 Å². The molecular weight excluding hydrogens is 366 g/mol. The fourth-order valence-corrected chi connectivity index (χ4v) is 5.38. The van der Waals surface area contributed by atoms with E-state index in [0.717, 1.165) is 36.3 Å². The van der Waals surface area contributed by atoms with Gasteiger partial charge in [0, 0.05) is 31.7 Å². The van der Waals surface area contributed by atoms with Crippen LogP contribution in [0.3, 0.4) is 0 Å². The van der Waals surface area contributed by atoms with Gasteiger partial charge < -0.3 is 4.98 Å². The second-order valence-corrected chi connectivity index (χ2v) is 9.37. The lowest BCUT2D eigenvalue weighted by atomic mass is 9.93. The Hall–Kier alpha value is -2.04. The number of aromatic nitrogens is 5. The third kappa shape index (κ3) is 2.91. The van der Waals surface area contributed by atoms with E-state index in [1.807, 2.05) is 16.7 Å². The number of aromatic amines is 1. The molecule has 1 aliphatic heterocycles. The van der Waals surface area contributed by atoms with E-state index in [1.54, 1.807) is 10.5 Å². The van der Waals surface area contributed by atoms with Crippen molar-refractivity contribution < 1.29 is 8.42 Å². The van der Waals surface area contributed by atoms with E-state index in [-0.39, 0.29) is 11.8 Å². The summed E-state index contributed by atoms with van der Waals surface area (Å²) in [6, 6.07) is 1.95. The molecule has 3 aromatic rings. The summed E-state index contributed by atoms with van der Waals surface area (Å²) in [5.41, 5.74) is 2.36. The molecule has 9 nitrogen and oxygen atoms in total. The summed E-state index contributed by atoms with van der Waals surface area (Å²) in [6.07, 6.45) is 6.66. The predicted octanol–water partition coefficient (Wildman–Crippen LogP) is 1.28. The Morgan fingerprint density at radius 1 is 1.30 bits per heavy atom. The highest BCUT2D eigenvalue weighted by molar-refractivity contribution is 7.87. The Bertz CT molecular complexity index is 1090. The van der Waals surface area contributed by atoms with Crippen LogP contribution in [0.1, 0.15) is 37.9 Å². The Labute approximate surface area is 157 Å². The molecule has 10 heteroatoms. The lowest BCUT2D eigenvalue weighted by Crippen LogP contribution is -2.40. The van der Waals surface area contributed by atoms with Crippen molar-refractivity contribution in [1.82, 2.24) is 33.6 Å². The molecule has 1 saturated carbocycles. The largest absolute Gasteiger partial charge is 0.345 e. The van der Waals surface area contributed by atoms with E-state index >= 15 is 0 Å². The third-order valence-corrected chi connectivity index (χ3v) is 7.33. The zero-order valence-electron chi connectivity index (χ0n) is 15.2. The highest BCUT2D eigenvalue weighted by Crippen LogP contribution is 2.36. The molecule has 1 aliphatic carbocycles. The van der Waals surface area contributed by atoms with Gasteiger partial charge in [0.25, 0.3) is 10.2 Å². The summed E-state index contributed by atoms with van der Waals surface area (Å²) in [6.45, 7) is 3.58. The lowest BCUT2D eigenvalue weighted by molar-refractivity contribution is 0.441. The quantitative estimate of drug-likeness (QED) is 0.660. The van der Waals surface area contributed by atoms with Crippen LogP contribution in [0.2, 0.25) is 0 Å². The zero-order chi connectivity index (χ0) is 18.6. The van der Waals surface area contributed by atoms with E-state index in [2.05, 4.69) is 31.8 Å². The number of hydrogen-bond donors (Lipinski definition) is 2. The van der Waals surface area contributed by atoms with Crippen molar-refractivity contribution in [2.24, 2.45) is 11.8 Å². The molecule has 5 rings (SSSR count). The first-order valence-electron chi connectivity index (χ1n) is 9.48. The van der Waals surface area contributed by atoms with E-state index < -0.39 is 10.2 Å². The van der Waals surface area contributed by atoms with Gasteiger partial charge in [0.05, 0.1) is 11.7 Å². The molecule has 27 heavy (non-hydrogen) atoms. The zero-order valence-corrected chi connectivity index (χ0v) is 16.0. The SMILES string of the molecule is CC[C@H]1CN(S(=O)(=O)NCC2CC2)C[C@H]1c1nnc2cnc3[nH]ccc3n12. The standard InChI is InChI=1S/C17H23N7O2S/c1-2-12-9-23(27(25,26)20-7-11-3-4-11)10-13(12)17-22-21-15-8-19-16-14(24(15)17)5-6-18-16/h5-6,8,11-13,18,20H,2-4,7,9-10H2,1H3/t12-,13+/m0/s1. The molecule has 0 aromatic carbocycles. The number of nitrogens with one attached hydrogen (secondary N) is 2. The first kappa shape index (κ1) is 17.1. The molecule has 0 bridgehead atoms. The topological polar surface area (TPSA) is 108 Å². The van der Waals surface area contributed by atoms with Gasteiger partial charge in [0.1, 0.15) is 5.82 Å². The molecule has 0 amide bonds. The van der Waals surface area contributed by atoms with Crippen LogP contribution in [0.5, 0.6) is 0 Å². The Balaban J connectivity index is 1.49. The molecule has 144 valence electrons. The van der Waals surface area contributed by atoms with Crippen LogP contribution in [-0.4, -0.2) is 56.9 Å². The van der Waals surface area contributed by atoms with Crippen LogP contribution in [0.4, 0.5) is 0 Å². The monoisotopic (exact) mass is 389 g/mol. The highest BCUT2D eigenvalue weighted by atomic mass is 32.2. The van der Waals surface area contributed by atoms with Crippen molar-refractivity contribution in [3.05, 3.63) is 24.3 Å². The maximum absolute atomic E-state index is 12.7. The minimum Gasteiger partial charge on any atom is -0.345 e. The summed E-state index contributed by atoms with van der Waals surface area (Å²) in [5, 5.41) is 8.69. The fourth-order valence-electron chi connectivity index (χ4n) is 4.01. The number of hydrogen-bond acceptors (Lipinski definition) is 5. The molecule has 2 atom stereocenters. The van der Waals surface area contributed by atoms with E-state index in [4.69, 9.17) is 0 Å². The molecule has 2 aliphatic rings. The van der Waals surface area contributed by atoms with Crippen molar-refractivity contribution in [2.75, 3.05) is 19.6 Å². The minimum absolute atomic E-state index is 0.00278. The molecule has 3 aromatic heterocycles. The van der Waals surface area contributed by atoms with Gasteiger partial charge in [-0.1, -0.05) is 13.3 Å². The first-order chi connectivity index (χ1) is 13.1. The normalized spacial score (nSPS) is 24.3. The second-order valence-electron chi connectivity index (χ2n) is 7.61. The minimum atomic E-state index is -3.46. The van der Waals surface area contributed by atoms with Crippen LogP contribution in [0, 0.1) is 11.8 Å². The van der Waals surface area contributed by atoms with Gasteiger partial charge in [-0.05, 0) is 30.7 Å². The van der Waals surface area contributed by atoms with Crippen molar-refractivity contribution in [1.29, 1.82) is 0 Å². The van der Waals surface area contributed by atoms with Gasteiger partial charge in [-0.15, -0.1) is 10.2 Å². The molecule has 0 unspecified atom stereocenters. The van der Waals surface area contributed by atoms with Gasteiger partial charge in [0.2, 0.25) is 0 Å². The van der Waals surface area contributed by atoms with Crippen molar-refractivity contribution >= 4 is 27.0 Å². The number of rotatable bonds is 6.